The number of esters is 1. The van der Waals surface area contributed by atoms with E-state index in [9.17, 15) is 34.8 Å². The smallest absolute Gasteiger partial charge is 0.475 e. The zero-order valence-electron chi connectivity index (χ0n) is 45.5. The summed E-state index contributed by atoms with van der Waals surface area (Å²) in [5, 5.41) is 31.5. The molecule has 3 N–H and O–H groups in total. The largest absolute Gasteiger partial charge is 0.490 e. The van der Waals surface area contributed by atoms with E-state index in [0.29, 0.717) is 19.5 Å². The summed E-state index contributed by atoms with van der Waals surface area (Å²) < 4.78 is 85.0. The summed E-state index contributed by atoms with van der Waals surface area (Å²) in [6.45, 7) is 42.5. The molecule has 0 aromatic carbocycles. The maximum absolute atomic E-state index is 11.4. The lowest BCUT2D eigenvalue weighted by Crippen LogP contribution is -2.23. The van der Waals surface area contributed by atoms with Crippen molar-refractivity contribution >= 4 is 47.3 Å². The number of sulfone groups is 1. The fourth-order valence-corrected chi connectivity index (χ4v) is 5.70. The number of aliphatic imine (C=N–C) groups is 1. The van der Waals surface area contributed by atoms with E-state index in [1.807, 2.05) is 111 Å². The lowest BCUT2D eigenvalue weighted by Gasteiger charge is -2.19. The molecule has 5 rings (SSSR count). The van der Waals surface area contributed by atoms with Crippen LogP contribution < -0.4 is 5.73 Å². The Morgan fingerprint density at radius 3 is 1.27 bits per heavy atom. The maximum Gasteiger partial charge on any atom is 0.490 e. The molecule has 0 fully saturated rings. The van der Waals surface area contributed by atoms with E-state index >= 15 is 0 Å². The normalized spacial score (nSPS) is 11.0. The molecule has 20 nitrogen and oxygen atoms in total. The summed E-state index contributed by atoms with van der Waals surface area (Å²) in [5.41, 5.74) is 9.66. The van der Waals surface area contributed by atoms with Gasteiger partial charge in [-0.15, -0.1) is 57.7 Å². The highest BCUT2D eigenvalue weighted by molar-refractivity contribution is 8.13. The number of rotatable bonds is 17. The van der Waals surface area contributed by atoms with Gasteiger partial charge >= 0.3 is 18.1 Å². The second kappa shape index (κ2) is 45.4. The van der Waals surface area contributed by atoms with Crippen molar-refractivity contribution in [3.63, 3.8) is 0 Å². The standard InChI is InChI=1S/C13H22N2O2.C9H13N5.C9H16N2O2S.C7H13N3.C2HF3O2.4C2H4.CH3ClO2S/c1-11-9-14-15(10-11)8-6-5-7-12(16)17-13(2,3)4;1-8-5-12-14(6-8)4-2-3-9-10-7-11-13-9;1-9-7-10-11(8-9)5-3-4-6-14(2,12)13;1-7-5-9-10(6-7)4-2-3-8;3-2(4,5)1(6)7;4*1-2;1-5(2,3)4/h9-10H,5-8H2,1-4H3;5-6H,2-4,7H2,1H3;7-8H,3-6H2,1-2H3;5-6H,2-4,8H2,1H3;(H,6,7);4*1-2H2;1H3. The fourth-order valence-electron chi connectivity index (χ4n) is 4.97. The third-order valence-corrected chi connectivity index (χ3v) is 8.79. The predicted octanol–water partition coefficient (Wildman–Crippen LogP) is 10.1. The first-order chi connectivity index (χ1) is 35.0. The fraction of sp³-hybridized carbons (Fsp3) is 0.531. The average Bonchev–Trinajstić information content (AvgIpc) is 4.20. The minimum absolute atomic E-state index is 0.117. The van der Waals surface area contributed by atoms with Crippen LogP contribution in [0, 0.1) is 27.7 Å². The highest BCUT2D eigenvalue weighted by Gasteiger charge is 2.38. The summed E-state index contributed by atoms with van der Waals surface area (Å²) >= 11 is 0. The quantitative estimate of drug-likeness (QED) is 0.0432. The number of aryl methyl sites for hydroxylation is 8. The van der Waals surface area contributed by atoms with Crippen LogP contribution in [0.1, 0.15) is 94.4 Å². The molecular weight excluding hydrogens is 1040 g/mol. The van der Waals surface area contributed by atoms with Gasteiger partial charge in [-0.3, -0.25) is 23.5 Å². The topological polar surface area (TPSA) is 266 Å². The van der Waals surface area contributed by atoms with Crippen LogP contribution in [0.3, 0.4) is 0 Å². The van der Waals surface area contributed by atoms with Crippen LogP contribution in [0.5, 0.6) is 0 Å². The highest BCUT2D eigenvalue weighted by atomic mass is 35.7. The number of nitrogens with zero attached hydrogens (tertiary/aromatic N) is 11. The van der Waals surface area contributed by atoms with E-state index < -0.39 is 31.0 Å². The van der Waals surface area contributed by atoms with Crippen LogP contribution in [-0.4, -0.2) is 122 Å². The number of carboxylic acids is 1. The molecule has 0 unspecified atom stereocenters. The van der Waals surface area contributed by atoms with Gasteiger partial charge in [0.2, 0.25) is 9.05 Å². The highest BCUT2D eigenvalue weighted by Crippen LogP contribution is 2.13. The molecule has 26 heteroatoms. The van der Waals surface area contributed by atoms with Gasteiger partial charge < -0.3 is 15.6 Å². The van der Waals surface area contributed by atoms with Crippen molar-refractivity contribution in [2.45, 2.75) is 138 Å². The molecular formula is C49H84ClF3N12O8S2. The van der Waals surface area contributed by atoms with Gasteiger partial charge in [0.15, 0.2) is 6.67 Å². The van der Waals surface area contributed by atoms with E-state index in [4.69, 9.17) is 20.4 Å². The number of azo groups is 1. The number of alkyl halides is 3. The summed E-state index contributed by atoms with van der Waals surface area (Å²) in [4.78, 5) is 24.5. The SMILES string of the molecule is C=C.C=C.C=C.C=C.CS(=O)(=O)Cl.Cc1cnn(CCCC2=NCN=N2)c1.Cc1cnn(CCCCC(=O)OC(C)(C)C)c1.Cc1cnn(CCCCS(C)(=O)=O)c1.Cc1cnn(CCCN)c1.O=C(O)C(F)(F)F. The molecule has 4 aromatic rings. The van der Waals surface area contributed by atoms with Crippen molar-refractivity contribution in [3.8, 4) is 0 Å². The molecule has 75 heavy (non-hydrogen) atoms. The Bertz CT molecular complexity index is 2360. The van der Waals surface area contributed by atoms with Gasteiger partial charge in [-0.25, -0.2) is 26.6 Å². The summed E-state index contributed by atoms with van der Waals surface area (Å²) in [6.07, 6.45) is 19.2. The number of nitrogens with two attached hydrogens (primary N) is 1. The first kappa shape index (κ1) is 77.8. The minimum Gasteiger partial charge on any atom is -0.475 e. The molecule has 4 aromatic heterocycles. The number of hydrogen-bond donors (Lipinski definition) is 2. The van der Waals surface area contributed by atoms with Gasteiger partial charge in [0.25, 0.3) is 0 Å². The van der Waals surface area contributed by atoms with Crippen molar-refractivity contribution in [1.29, 1.82) is 0 Å². The number of carbonyl (C=O) groups excluding carboxylic acids is 1. The van der Waals surface area contributed by atoms with Crippen molar-refractivity contribution < 1.29 is 49.4 Å². The van der Waals surface area contributed by atoms with Crippen LogP contribution in [0.4, 0.5) is 13.2 Å². The van der Waals surface area contributed by atoms with E-state index in [2.05, 4.69) is 98.9 Å². The molecule has 0 spiro atoms. The Kier molecular flexibility index (Phi) is 47.1. The van der Waals surface area contributed by atoms with Gasteiger partial charge in [-0.1, -0.05) is 0 Å². The number of aliphatic carboxylic acids is 1. The molecule has 0 aliphatic carbocycles. The maximum atomic E-state index is 11.4. The van der Waals surface area contributed by atoms with Gasteiger partial charge in [-0.2, -0.15) is 38.7 Å². The number of amidine groups is 1. The van der Waals surface area contributed by atoms with Crippen LogP contribution in [0.2, 0.25) is 0 Å². The Morgan fingerprint density at radius 1 is 0.667 bits per heavy atom. The second-order valence-electron chi connectivity index (χ2n) is 16.2. The van der Waals surface area contributed by atoms with E-state index in [0.717, 1.165) is 94.5 Å². The van der Waals surface area contributed by atoms with Crippen molar-refractivity contribution in [2.24, 2.45) is 21.0 Å². The third kappa shape index (κ3) is 55.5. The van der Waals surface area contributed by atoms with E-state index in [1.165, 1.54) is 17.4 Å². The predicted molar refractivity (Wildman–Crippen MR) is 296 cm³/mol. The number of carboxylic acid groups (broad SMARTS) is 1. The molecule has 5 heterocycles. The van der Waals surface area contributed by atoms with E-state index in [-0.39, 0.29) is 17.3 Å². The van der Waals surface area contributed by atoms with Crippen molar-refractivity contribution in [1.82, 2.24) is 39.1 Å². The Morgan fingerprint density at radius 2 is 1.00 bits per heavy atom. The number of halogens is 4. The summed E-state index contributed by atoms with van der Waals surface area (Å²) in [7, 11) is -1.50. The zero-order chi connectivity index (χ0) is 59.3. The monoisotopic (exact) mass is 1120 g/mol. The molecule has 0 atom stereocenters. The molecule has 0 amide bonds. The average molecular weight is 1130 g/mol. The lowest BCUT2D eigenvalue weighted by atomic mass is 10.2. The zero-order valence-corrected chi connectivity index (χ0v) is 47.9. The van der Waals surface area contributed by atoms with Crippen LogP contribution >= 0.6 is 10.7 Å². The Hall–Kier alpha value is -6.05. The van der Waals surface area contributed by atoms with Crippen LogP contribution in [0.25, 0.3) is 0 Å². The second-order valence-corrected chi connectivity index (χ2v) is 21.5. The summed E-state index contributed by atoms with van der Waals surface area (Å²) in [6, 6.07) is 0. The minimum atomic E-state index is -5.08. The molecule has 0 bridgehead atoms. The molecule has 1 aliphatic rings. The van der Waals surface area contributed by atoms with Crippen LogP contribution in [-0.2, 0) is 59.4 Å². The Balaban J connectivity index is -0.000000262. The Labute approximate surface area is 448 Å². The van der Waals surface area contributed by atoms with Gasteiger partial charge in [0.05, 0.1) is 31.0 Å². The van der Waals surface area contributed by atoms with Crippen molar-refractivity contribution in [2.75, 3.05) is 31.5 Å². The lowest BCUT2D eigenvalue weighted by molar-refractivity contribution is -0.192. The van der Waals surface area contributed by atoms with Gasteiger partial charge in [0.1, 0.15) is 21.3 Å². The first-order valence-electron chi connectivity index (χ1n) is 23.1. The van der Waals surface area contributed by atoms with Crippen molar-refractivity contribution in [3.05, 3.63) is 124 Å². The first-order valence-corrected chi connectivity index (χ1v) is 27.9. The summed E-state index contributed by atoms with van der Waals surface area (Å²) in [5.74, 6) is -1.73. The van der Waals surface area contributed by atoms with E-state index in [1.54, 1.807) is 6.20 Å². The number of hydrogen-bond acceptors (Lipinski definition) is 15. The molecule has 428 valence electrons. The molecule has 0 radical (unpaired) electrons. The van der Waals surface area contributed by atoms with Gasteiger partial charge in [0, 0.05) is 86.5 Å². The molecule has 0 saturated carbocycles. The van der Waals surface area contributed by atoms with Crippen LogP contribution in [0.15, 0.2) is 117 Å². The molecule has 1 aliphatic heterocycles. The van der Waals surface area contributed by atoms with Gasteiger partial charge in [-0.05, 0) is 116 Å². The number of unbranched alkanes of at least 4 members (excludes halogenated alkanes) is 2. The third-order valence-electron chi connectivity index (χ3n) is 7.76. The number of aromatic nitrogens is 8. The molecule has 0 saturated heterocycles. The number of carbonyl (C=O) groups is 2. The number of ether oxygens (including phenoxy) is 1.